The molecule has 1 aromatic carbocycles. The van der Waals surface area contributed by atoms with E-state index in [4.69, 9.17) is 0 Å². The summed E-state index contributed by atoms with van der Waals surface area (Å²) in [5.74, 6) is 0.490. The minimum atomic E-state index is -3.15. The molecule has 3 nitrogen and oxygen atoms in total. The molecule has 0 amide bonds. The van der Waals surface area contributed by atoms with Gasteiger partial charge in [-0.15, -0.1) is 0 Å². The van der Waals surface area contributed by atoms with Crippen molar-refractivity contribution in [2.45, 2.75) is 17.7 Å². The van der Waals surface area contributed by atoms with Crippen molar-refractivity contribution in [2.24, 2.45) is 5.92 Å². The average Bonchev–Trinajstić information content (AvgIpc) is 2.30. The molecule has 2 rings (SSSR count). The Labute approximate surface area is 111 Å². The summed E-state index contributed by atoms with van der Waals surface area (Å²) in [7, 11) is -3.15. The molecule has 1 aliphatic rings. The van der Waals surface area contributed by atoms with E-state index in [1.807, 2.05) is 6.07 Å². The van der Waals surface area contributed by atoms with E-state index < -0.39 is 9.84 Å². The van der Waals surface area contributed by atoms with Crippen LogP contribution in [0.2, 0.25) is 0 Å². The number of hydrogen-bond donors (Lipinski definition) is 1. The smallest absolute Gasteiger partial charge is 0.178 e. The quantitative estimate of drug-likeness (QED) is 0.929. The molecule has 0 bridgehead atoms. The average molecular weight is 318 g/mol. The number of halogens is 1. The lowest BCUT2D eigenvalue weighted by Crippen LogP contribution is -2.33. The molecule has 1 saturated heterocycles. The first-order valence-corrected chi connectivity index (χ1v) is 8.21. The Morgan fingerprint density at radius 3 is 2.88 bits per heavy atom. The highest BCUT2D eigenvalue weighted by Gasteiger charge is 2.22. The maximum atomic E-state index is 12.2. The molecule has 1 N–H and O–H groups in total. The summed E-state index contributed by atoms with van der Waals surface area (Å²) in [6.45, 7) is 1.82. The molecule has 1 heterocycles. The molecular weight excluding hydrogens is 302 g/mol. The van der Waals surface area contributed by atoms with E-state index in [0.717, 1.165) is 30.4 Å². The lowest BCUT2D eigenvalue weighted by molar-refractivity contribution is 0.404. The van der Waals surface area contributed by atoms with E-state index in [9.17, 15) is 8.42 Å². The first-order valence-electron chi connectivity index (χ1n) is 5.77. The minimum absolute atomic E-state index is 0.243. The number of rotatable bonds is 3. The molecule has 1 atom stereocenters. The van der Waals surface area contributed by atoms with Crippen LogP contribution in [0.5, 0.6) is 0 Å². The summed E-state index contributed by atoms with van der Waals surface area (Å²) in [4.78, 5) is 0.414. The van der Waals surface area contributed by atoms with Gasteiger partial charge in [0, 0.05) is 4.47 Å². The summed E-state index contributed by atoms with van der Waals surface area (Å²) in [5.41, 5.74) is 0. The van der Waals surface area contributed by atoms with Crippen LogP contribution in [-0.2, 0) is 9.84 Å². The number of piperidine rings is 1. The van der Waals surface area contributed by atoms with Gasteiger partial charge in [0.25, 0.3) is 0 Å². The third-order valence-corrected chi connectivity index (χ3v) is 5.38. The summed E-state index contributed by atoms with van der Waals surface area (Å²) < 4.78 is 25.2. The number of benzene rings is 1. The van der Waals surface area contributed by atoms with Crippen molar-refractivity contribution in [3.05, 3.63) is 28.7 Å². The highest BCUT2D eigenvalue weighted by Crippen LogP contribution is 2.21. The van der Waals surface area contributed by atoms with Crippen LogP contribution in [0.1, 0.15) is 12.8 Å². The predicted molar refractivity (Wildman–Crippen MR) is 71.8 cm³/mol. The Hall–Kier alpha value is -0.390. The first-order chi connectivity index (χ1) is 8.08. The van der Waals surface area contributed by atoms with Gasteiger partial charge < -0.3 is 5.32 Å². The predicted octanol–water partition coefficient (Wildman–Crippen LogP) is 2.22. The summed E-state index contributed by atoms with van der Waals surface area (Å²) in [5, 5.41) is 3.25. The molecule has 0 radical (unpaired) electrons. The van der Waals surface area contributed by atoms with Gasteiger partial charge in [-0.3, -0.25) is 0 Å². The van der Waals surface area contributed by atoms with Gasteiger partial charge in [-0.1, -0.05) is 22.0 Å². The van der Waals surface area contributed by atoms with E-state index >= 15 is 0 Å². The molecule has 1 unspecified atom stereocenters. The van der Waals surface area contributed by atoms with E-state index in [0.29, 0.717) is 4.90 Å². The lowest BCUT2D eigenvalue weighted by Gasteiger charge is -2.22. The first kappa shape index (κ1) is 13.1. The van der Waals surface area contributed by atoms with Crippen LogP contribution >= 0.6 is 15.9 Å². The molecule has 0 aliphatic carbocycles. The van der Waals surface area contributed by atoms with Crippen LogP contribution in [0.4, 0.5) is 0 Å². The third kappa shape index (κ3) is 3.53. The highest BCUT2D eigenvalue weighted by atomic mass is 79.9. The van der Waals surface area contributed by atoms with Crippen LogP contribution in [0.3, 0.4) is 0 Å². The van der Waals surface area contributed by atoms with Crippen LogP contribution in [0.15, 0.2) is 33.6 Å². The molecule has 0 spiro atoms. The molecule has 0 aromatic heterocycles. The molecule has 94 valence electrons. The number of hydrogen-bond acceptors (Lipinski definition) is 3. The van der Waals surface area contributed by atoms with Crippen molar-refractivity contribution < 1.29 is 8.42 Å². The lowest BCUT2D eigenvalue weighted by atomic mass is 10.0. The van der Waals surface area contributed by atoms with Crippen molar-refractivity contribution in [2.75, 3.05) is 18.8 Å². The number of nitrogens with one attached hydrogen (secondary N) is 1. The van der Waals surface area contributed by atoms with Crippen LogP contribution in [0.25, 0.3) is 0 Å². The Morgan fingerprint density at radius 2 is 2.24 bits per heavy atom. The van der Waals surface area contributed by atoms with Crippen molar-refractivity contribution in [1.82, 2.24) is 5.32 Å². The SMILES string of the molecule is O=S(=O)(CC1CCCNC1)c1cccc(Br)c1. The monoisotopic (exact) mass is 317 g/mol. The molecule has 1 fully saturated rings. The van der Waals surface area contributed by atoms with Crippen LogP contribution in [0, 0.1) is 5.92 Å². The second-order valence-electron chi connectivity index (χ2n) is 4.45. The largest absolute Gasteiger partial charge is 0.316 e. The number of sulfone groups is 1. The van der Waals surface area contributed by atoms with Gasteiger partial charge in [-0.25, -0.2) is 8.42 Å². The maximum absolute atomic E-state index is 12.2. The zero-order chi connectivity index (χ0) is 12.3. The van der Waals surface area contributed by atoms with Crippen molar-refractivity contribution in [3.8, 4) is 0 Å². The molecule has 1 aromatic rings. The summed E-state index contributed by atoms with van der Waals surface area (Å²) >= 11 is 3.30. The van der Waals surface area contributed by atoms with Crippen LogP contribution < -0.4 is 5.32 Å². The standard InChI is InChI=1S/C12H16BrNO2S/c13-11-4-1-5-12(7-11)17(15,16)9-10-3-2-6-14-8-10/h1,4-5,7,10,14H,2-3,6,8-9H2. The summed E-state index contributed by atoms with van der Waals surface area (Å²) in [6.07, 6.45) is 2.07. The zero-order valence-corrected chi connectivity index (χ0v) is 11.9. The minimum Gasteiger partial charge on any atom is -0.316 e. The van der Waals surface area contributed by atoms with Gasteiger partial charge in [0.15, 0.2) is 9.84 Å². The Bertz CT molecular complexity index is 481. The molecule has 1 aliphatic heterocycles. The van der Waals surface area contributed by atoms with Gasteiger partial charge in [-0.05, 0) is 50.0 Å². The van der Waals surface area contributed by atoms with E-state index in [2.05, 4.69) is 21.2 Å². The van der Waals surface area contributed by atoms with Crippen molar-refractivity contribution in [3.63, 3.8) is 0 Å². The topological polar surface area (TPSA) is 46.2 Å². The van der Waals surface area contributed by atoms with E-state index in [-0.39, 0.29) is 11.7 Å². The zero-order valence-electron chi connectivity index (χ0n) is 9.52. The van der Waals surface area contributed by atoms with Gasteiger partial charge in [-0.2, -0.15) is 0 Å². The molecular formula is C12H16BrNO2S. The fraction of sp³-hybridized carbons (Fsp3) is 0.500. The highest BCUT2D eigenvalue weighted by molar-refractivity contribution is 9.10. The van der Waals surface area contributed by atoms with Gasteiger partial charge in [0.2, 0.25) is 0 Å². The van der Waals surface area contributed by atoms with Crippen LogP contribution in [-0.4, -0.2) is 27.3 Å². The molecule has 17 heavy (non-hydrogen) atoms. The van der Waals surface area contributed by atoms with Crippen molar-refractivity contribution in [1.29, 1.82) is 0 Å². The normalized spacial score (nSPS) is 21.4. The fourth-order valence-corrected chi connectivity index (χ4v) is 4.37. The fourth-order valence-electron chi connectivity index (χ4n) is 2.13. The second-order valence-corrected chi connectivity index (χ2v) is 7.40. The van der Waals surface area contributed by atoms with Gasteiger partial charge in [0.05, 0.1) is 10.6 Å². The van der Waals surface area contributed by atoms with Crippen molar-refractivity contribution >= 4 is 25.8 Å². The Morgan fingerprint density at radius 1 is 1.41 bits per heavy atom. The molecule has 0 saturated carbocycles. The van der Waals surface area contributed by atoms with Gasteiger partial charge >= 0.3 is 0 Å². The van der Waals surface area contributed by atoms with E-state index in [1.54, 1.807) is 18.2 Å². The van der Waals surface area contributed by atoms with Gasteiger partial charge in [0.1, 0.15) is 0 Å². The Kier molecular flexibility index (Phi) is 4.22. The maximum Gasteiger partial charge on any atom is 0.178 e. The summed E-state index contributed by atoms with van der Waals surface area (Å²) in [6, 6.07) is 6.93. The Balaban J connectivity index is 2.13. The molecule has 5 heteroatoms. The van der Waals surface area contributed by atoms with E-state index in [1.165, 1.54) is 0 Å². The third-order valence-electron chi connectivity index (χ3n) is 3.01. The second kappa shape index (κ2) is 5.50.